The van der Waals surface area contributed by atoms with Gasteiger partial charge in [-0.1, -0.05) is 23.5 Å². The van der Waals surface area contributed by atoms with Gasteiger partial charge in [-0.3, -0.25) is 14.9 Å². The van der Waals surface area contributed by atoms with Gasteiger partial charge in [-0.15, -0.1) is 10.2 Å². The lowest BCUT2D eigenvalue weighted by atomic mass is 10.2. The second kappa shape index (κ2) is 10.1. The quantitative estimate of drug-likeness (QED) is 0.283. The second-order valence-electron chi connectivity index (χ2n) is 5.68. The third kappa shape index (κ3) is 6.06. The van der Waals surface area contributed by atoms with Crippen LogP contribution in [-0.4, -0.2) is 35.3 Å². The molecule has 29 heavy (non-hydrogen) atoms. The number of aromatic nitrogens is 2. The van der Waals surface area contributed by atoms with E-state index in [-0.39, 0.29) is 18.2 Å². The Bertz CT molecular complexity index is 1040. The maximum atomic E-state index is 12.3. The first-order chi connectivity index (χ1) is 14.0. The normalized spacial score (nSPS) is 10.7. The van der Waals surface area contributed by atoms with Crippen molar-refractivity contribution in [2.75, 3.05) is 12.4 Å². The number of hydrogen-bond acceptors (Lipinski definition) is 7. The number of hydrogen-bond donors (Lipinski definition) is 2. The largest absolute Gasteiger partial charge is 0.497 e. The number of methoxy groups -OCH3 is 1. The van der Waals surface area contributed by atoms with Gasteiger partial charge in [0.25, 0.3) is 5.91 Å². The maximum absolute atomic E-state index is 12.3. The van der Waals surface area contributed by atoms with E-state index in [1.165, 1.54) is 6.21 Å². The SMILES string of the molecule is COc1ccc(/C=N\NC(=O)Cc2nnc(NC(=O)c3ccccc3I)s2)cc1. The smallest absolute Gasteiger partial charge is 0.258 e. The van der Waals surface area contributed by atoms with Crippen molar-refractivity contribution in [2.45, 2.75) is 6.42 Å². The summed E-state index contributed by atoms with van der Waals surface area (Å²) >= 11 is 3.23. The Balaban J connectivity index is 1.51. The maximum Gasteiger partial charge on any atom is 0.258 e. The van der Waals surface area contributed by atoms with E-state index in [0.29, 0.717) is 15.7 Å². The Hall–Kier alpha value is -2.86. The van der Waals surface area contributed by atoms with Gasteiger partial charge in [-0.25, -0.2) is 5.43 Å². The highest BCUT2D eigenvalue weighted by atomic mass is 127. The van der Waals surface area contributed by atoms with Crippen molar-refractivity contribution >= 4 is 57.1 Å². The minimum Gasteiger partial charge on any atom is -0.497 e. The highest BCUT2D eigenvalue weighted by Crippen LogP contribution is 2.18. The van der Waals surface area contributed by atoms with Gasteiger partial charge < -0.3 is 4.74 Å². The summed E-state index contributed by atoms with van der Waals surface area (Å²) in [7, 11) is 1.59. The second-order valence-corrected chi connectivity index (χ2v) is 7.90. The van der Waals surface area contributed by atoms with Crippen LogP contribution in [0.4, 0.5) is 5.13 Å². The molecular weight excluding hydrogens is 505 g/mol. The standard InChI is InChI=1S/C19H16IN5O3S/c1-28-13-8-6-12(7-9-13)11-21-23-16(26)10-17-24-25-19(29-17)22-18(27)14-4-2-3-5-15(14)20/h2-9,11H,10H2,1H3,(H,23,26)(H,22,25,27)/b21-11-. The average Bonchev–Trinajstić information content (AvgIpc) is 3.15. The number of rotatable bonds is 7. The number of nitrogens with one attached hydrogen (secondary N) is 2. The number of amides is 2. The first kappa shape index (κ1) is 20.9. The van der Waals surface area contributed by atoms with Crippen molar-refractivity contribution in [2.24, 2.45) is 5.10 Å². The van der Waals surface area contributed by atoms with Gasteiger partial charge in [0.15, 0.2) is 0 Å². The van der Waals surface area contributed by atoms with Crippen molar-refractivity contribution in [3.05, 3.63) is 68.2 Å². The fourth-order valence-electron chi connectivity index (χ4n) is 2.23. The molecule has 0 unspecified atom stereocenters. The van der Waals surface area contributed by atoms with Gasteiger partial charge in [-0.2, -0.15) is 5.10 Å². The molecule has 0 fully saturated rings. The van der Waals surface area contributed by atoms with Gasteiger partial charge in [0.1, 0.15) is 10.8 Å². The first-order valence-corrected chi connectivity index (χ1v) is 10.3. The number of anilines is 1. The summed E-state index contributed by atoms with van der Waals surface area (Å²) in [5.41, 5.74) is 3.81. The summed E-state index contributed by atoms with van der Waals surface area (Å²) in [6, 6.07) is 14.5. The van der Waals surface area contributed by atoms with Crippen LogP contribution < -0.4 is 15.5 Å². The van der Waals surface area contributed by atoms with Crippen molar-refractivity contribution < 1.29 is 14.3 Å². The molecule has 0 spiro atoms. The molecule has 1 heterocycles. The molecule has 8 nitrogen and oxygen atoms in total. The van der Waals surface area contributed by atoms with Crippen LogP contribution >= 0.6 is 33.9 Å². The van der Waals surface area contributed by atoms with E-state index in [4.69, 9.17) is 4.74 Å². The van der Waals surface area contributed by atoms with Crippen LogP contribution in [0.15, 0.2) is 53.6 Å². The third-order valence-corrected chi connectivity index (χ3v) is 5.42. The third-order valence-electron chi connectivity index (χ3n) is 3.64. The number of benzene rings is 2. The van der Waals surface area contributed by atoms with Crippen LogP contribution in [-0.2, 0) is 11.2 Å². The molecule has 0 radical (unpaired) electrons. The van der Waals surface area contributed by atoms with Crippen molar-refractivity contribution in [3.63, 3.8) is 0 Å². The number of hydrazone groups is 1. The van der Waals surface area contributed by atoms with E-state index < -0.39 is 0 Å². The molecule has 0 saturated carbocycles. The molecule has 0 aliphatic rings. The highest BCUT2D eigenvalue weighted by molar-refractivity contribution is 14.1. The van der Waals surface area contributed by atoms with Gasteiger partial charge in [0, 0.05) is 3.57 Å². The van der Waals surface area contributed by atoms with Crippen LogP contribution in [0.25, 0.3) is 0 Å². The van der Waals surface area contributed by atoms with E-state index >= 15 is 0 Å². The van der Waals surface area contributed by atoms with Gasteiger partial charge in [-0.05, 0) is 64.6 Å². The first-order valence-electron chi connectivity index (χ1n) is 8.39. The van der Waals surface area contributed by atoms with Gasteiger partial charge in [0.2, 0.25) is 11.0 Å². The number of nitrogens with zero attached hydrogens (tertiary/aromatic N) is 3. The lowest BCUT2D eigenvalue weighted by Crippen LogP contribution is -2.19. The molecule has 0 saturated heterocycles. The summed E-state index contributed by atoms with van der Waals surface area (Å²) in [5, 5.41) is 15.3. The Kier molecular flexibility index (Phi) is 7.25. The van der Waals surface area contributed by atoms with E-state index in [9.17, 15) is 9.59 Å². The molecule has 3 aromatic rings. The molecule has 3 rings (SSSR count). The molecule has 0 bridgehead atoms. The minimum atomic E-state index is -0.332. The zero-order chi connectivity index (χ0) is 20.6. The van der Waals surface area contributed by atoms with Crippen LogP contribution in [0.5, 0.6) is 5.75 Å². The molecule has 1 aromatic heterocycles. The highest BCUT2D eigenvalue weighted by Gasteiger charge is 2.14. The topological polar surface area (TPSA) is 106 Å². The lowest BCUT2D eigenvalue weighted by molar-refractivity contribution is -0.120. The Morgan fingerprint density at radius 3 is 2.66 bits per heavy atom. The molecule has 148 valence electrons. The number of ether oxygens (including phenoxy) is 1. The van der Waals surface area contributed by atoms with Crippen LogP contribution in [0.1, 0.15) is 20.9 Å². The monoisotopic (exact) mass is 521 g/mol. The number of carbonyl (C=O) groups excluding carboxylic acids is 2. The lowest BCUT2D eigenvalue weighted by Gasteiger charge is -2.02. The summed E-state index contributed by atoms with van der Waals surface area (Å²) < 4.78 is 5.92. The molecular formula is C19H16IN5O3S. The fourth-order valence-corrected chi connectivity index (χ4v) is 3.60. The number of carbonyl (C=O) groups is 2. The fraction of sp³-hybridized carbons (Fsp3) is 0.105. The van der Waals surface area contributed by atoms with Crippen LogP contribution in [0.3, 0.4) is 0 Å². The van der Waals surface area contributed by atoms with Crippen LogP contribution in [0, 0.1) is 3.57 Å². The van der Waals surface area contributed by atoms with Crippen molar-refractivity contribution in [1.29, 1.82) is 0 Å². The summed E-state index contributed by atoms with van der Waals surface area (Å²) in [6.45, 7) is 0. The summed E-state index contributed by atoms with van der Waals surface area (Å²) in [6.07, 6.45) is 1.54. The predicted octanol–water partition coefficient (Wildman–Crippen LogP) is 3.10. The average molecular weight is 521 g/mol. The van der Waals surface area contributed by atoms with E-state index in [0.717, 1.165) is 26.2 Å². The van der Waals surface area contributed by atoms with Crippen LogP contribution in [0.2, 0.25) is 0 Å². The van der Waals surface area contributed by atoms with Crippen molar-refractivity contribution in [3.8, 4) is 5.75 Å². The molecule has 2 amide bonds. The minimum absolute atomic E-state index is 0.0103. The summed E-state index contributed by atoms with van der Waals surface area (Å²) in [4.78, 5) is 24.3. The molecule has 0 atom stereocenters. The van der Waals surface area contributed by atoms with Crippen molar-refractivity contribution in [1.82, 2.24) is 15.6 Å². The molecule has 2 N–H and O–H groups in total. The molecule has 0 aliphatic carbocycles. The number of halogens is 1. The molecule has 0 aliphatic heterocycles. The molecule has 10 heteroatoms. The van der Waals surface area contributed by atoms with E-state index in [1.807, 2.05) is 24.3 Å². The molecule has 2 aromatic carbocycles. The van der Waals surface area contributed by atoms with E-state index in [1.54, 1.807) is 31.4 Å². The zero-order valence-corrected chi connectivity index (χ0v) is 18.2. The van der Waals surface area contributed by atoms with Gasteiger partial charge >= 0.3 is 0 Å². The Labute approximate surface area is 184 Å². The zero-order valence-electron chi connectivity index (χ0n) is 15.3. The van der Waals surface area contributed by atoms with E-state index in [2.05, 4.69) is 48.6 Å². The van der Waals surface area contributed by atoms with Gasteiger partial charge in [0.05, 0.1) is 25.3 Å². The summed E-state index contributed by atoms with van der Waals surface area (Å²) in [5.74, 6) is 0.139. The Morgan fingerprint density at radius 1 is 1.17 bits per heavy atom. The predicted molar refractivity (Wildman–Crippen MR) is 119 cm³/mol. The Morgan fingerprint density at radius 2 is 1.93 bits per heavy atom.